The molecule has 3 N–H and O–H groups in total. The third kappa shape index (κ3) is 27.3. The zero-order valence-electron chi connectivity index (χ0n) is 26.0. The summed E-state index contributed by atoms with van der Waals surface area (Å²) in [4.78, 5) is 22.9. The van der Waals surface area contributed by atoms with Crippen LogP contribution in [0.3, 0.4) is 0 Å². The highest BCUT2D eigenvalue weighted by atomic mass is 16.6. The standard InChI is InChI=1S/C31H54N2O10/c1-28-5-7-29(8-6-28)3-2-4-31(35)33-10-12-37-14-16-39-18-20-41-22-24-43-26-25-42-23-21-40-19-17-38-15-13-36-11-9-30(34)27-32/h5-8H,2-4,9-27,32H2,1H3,(H,33,35). The molecular formula is C31H54N2O10. The molecule has 0 fully saturated rings. The smallest absolute Gasteiger partial charge is 0.220 e. The number of ether oxygens (including phenoxy) is 8. The van der Waals surface area contributed by atoms with E-state index in [0.29, 0.717) is 125 Å². The molecule has 0 heterocycles. The summed E-state index contributed by atoms with van der Waals surface area (Å²) >= 11 is 0. The van der Waals surface area contributed by atoms with E-state index in [4.69, 9.17) is 43.6 Å². The number of hydrogen-bond donors (Lipinski definition) is 2. The lowest BCUT2D eigenvalue weighted by Crippen LogP contribution is -2.27. The SMILES string of the molecule is Cc1ccc(CCCC(=O)NCCOCCOCCOCCOCCOCCOCCOCCOCCC(=O)CN)cc1. The second-order valence-corrected chi connectivity index (χ2v) is 9.58. The Hall–Kier alpha value is -2.00. The van der Waals surface area contributed by atoms with E-state index in [0.717, 1.165) is 12.8 Å². The molecule has 0 aromatic heterocycles. The Bertz CT molecular complexity index is 782. The van der Waals surface area contributed by atoms with Crippen molar-refractivity contribution in [2.45, 2.75) is 32.6 Å². The van der Waals surface area contributed by atoms with Gasteiger partial charge in [0, 0.05) is 19.4 Å². The Morgan fingerprint density at radius 3 is 1.40 bits per heavy atom. The van der Waals surface area contributed by atoms with Crippen LogP contribution in [0.1, 0.15) is 30.4 Å². The Balaban J connectivity index is 1.68. The van der Waals surface area contributed by atoms with Gasteiger partial charge in [0.15, 0.2) is 0 Å². The number of hydrogen-bond acceptors (Lipinski definition) is 11. The van der Waals surface area contributed by atoms with Gasteiger partial charge in [0.05, 0.1) is 112 Å². The Morgan fingerprint density at radius 2 is 0.977 bits per heavy atom. The number of nitrogens with two attached hydrogens (primary N) is 1. The van der Waals surface area contributed by atoms with E-state index in [1.165, 1.54) is 11.1 Å². The minimum absolute atomic E-state index is 0.00900. The summed E-state index contributed by atoms with van der Waals surface area (Å²) in [7, 11) is 0. The van der Waals surface area contributed by atoms with Gasteiger partial charge in [-0.25, -0.2) is 0 Å². The highest BCUT2D eigenvalue weighted by Crippen LogP contribution is 2.07. The molecule has 0 spiro atoms. The number of ketones is 1. The summed E-state index contributed by atoms with van der Waals surface area (Å²) in [6.45, 7) is 10.2. The summed E-state index contributed by atoms with van der Waals surface area (Å²) in [5.74, 6) is 0.0455. The zero-order chi connectivity index (χ0) is 31.1. The third-order valence-electron chi connectivity index (χ3n) is 5.92. The van der Waals surface area contributed by atoms with Crippen LogP contribution in [0.5, 0.6) is 0 Å². The fourth-order valence-corrected chi connectivity index (χ4v) is 3.49. The first-order valence-corrected chi connectivity index (χ1v) is 15.3. The van der Waals surface area contributed by atoms with E-state index in [-0.39, 0.29) is 18.2 Å². The van der Waals surface area contributed by atoms with Gasteiger partial charge in [0.2, 0.25) is 5.91 Å². The van der Waals surface area contributed by atoms with Crippen LogP contribution in [0, 0.1) is 6.92 Å². The Kier molecular flexibility index (Phi) is 27.3. The van der Waals surface area contributed by atoms with Gasteiger partial charge in [-0.3, -0.25) is 9.59 Å². The molecule has 0 saturated heterocycles. The van der Waals surface area contributed by atoms with Crippen LogP contribution in [0.2, 0.25) is 0 Å². The van der Waals surface area contributed by atoms with E-state index in [2.05, 4.69) is 36.5 Å². The maximum Gasteiger partial charge on any atom is 0.220 e. The Labute approximate surface area is 257 Å². The number of aryl methyl sites for hydroxylation is 2. The van der Waals surface area contributed by atoms with Crippen LogP contribution in [0.4, 0.5) is 0 Å². The molecule has 248 valence electrons. The maximum absolute atomic E-state index is 11.9. The van der Waals surface area contributed by atoms with E-state index in [1.807, 2.05) is 0 Å². The molecule has 0 unspecified atom stereocenters. The molecule has 1 aromatic rings. The van der Waals surface area contributed by atoms with Crippen molar-refractivity contribution < 1.29 is 47.5 Å². The first-order chi connectivity index (χ1) is 21.1. The number of carbonyl (C=O) groups is 2. The molecule has 0 atom stereocenters. The average Bonchev–Trinajstić information content (AvgIpc) is 3.01. The molecule has 0 aliphatic rings. The summed E-state index contributed by atoms with van der Waals surface area (Å²) in [6, 6.07) is 8.42. The summed E-state index contributed by atoms with van der Waals surface area (Å²) in [6.07, 6.45) is 2.60. The monoisotopic (exact) mass is 614 g/mol. The minimum Gasteiger partial charge on any atom is -0.379 e. The summed E-state index contributed by atoms with van der Waals surface area (Å²) in [5.41, 5.74) is 7.72. The molecule has 0 radical (unpaired) electrons. The van der Waals surface area contributed by atoms with Gasteiger partial charge in [0.1, 0.15) is 5.78 Å². The normalized spacial score (nSPS) is 11.2. The Morgan fingerprint density at radius 1 is 0.581 bits per heavy atom. The molecular weight excluding hydrogens is 560 g/mol. The third-order valence-corrected chi connectivity index (χ3v) is 5.92. The van der Waals surface area contributed by atoms with Crippen molar-refractivity contribution in [1.82, 2.24) is 5.32 Å². The summed E-state index contributed by atoms with van der Waals surface area (Å²) in [5, 5.41) is 2.88. The fourth-order valence-electron chi connectivity index (χ4n) is 3.49. The molecule has 43 heavy (non-hydrogen) atoms. The van der Waals surface area contributed by atoms with Gasteiger partial charge in [-0.05, 0) is 25.3 Å². The number of Topliss-reactive ketones (excluding diaryl/α,β-unsaturated/α-hetero) is 1. The highest BCUT2D eigenvalue weighted by Gasteiger charge is 2.02. The molecule has 12 heteroatoms. The molecule has 0 aliphatic carbocycles. The zero-order valence-corrected chi connectivity index (χ0v) is 26.0. The van der Waals surface area contributed by atoms with Crippen LogP contribution < -0.4 is 11.1 Å². The van der Waals surface area contributed by atoms with Gasteiger partial charge in [0.25, 0.3) is 0 Å². The van der Waals surface area contributed by atoms with Gasteiger partial charge in [-0.2, -0.15) is 0 Å². The van der Waals surface area contributed by atoms with E-state index < -0.39 is 0 Å². The molecule has 0 saturated carbocycles. The van der Waals surface area contributed by atoms with Crippen molar-refractivity contribution in [3.05, 3.63) is 35.4 Å². The van der Waals surface area contributed by atoms with Crippen LogP contribution in [0.15, 0.2) is 24.3 Å². The van der Waals surface area contributed by atoms with Gasteiger partial charge in [-0.1, -0.05) is 29.8 Å². The number of carbonyl (C=O) groups excluding carboxylic acids is 2. The lowest BCUT2D eigenvalue weighted by molar-refractivity contribution is -0.121. The molecule has 0 aliphatic heterocycles. The number of benzene rings is 1. The van der Waals surface area contributed by atoms with Gasteiger partial charge < -0.3 is 48.9 Å². The predicted octanol–water partition coefficient (Wildman–Crippen LogP) is 1.48. The molecule has 1 rings (SSSR count). The quantitative estimate of drug-likeness (QED) is 0.114. The van der Waals surface area contributed by atoms with Crippen molar-refractivity contribution in [2.24, 2.45) is 5.73 Å². The summed E-state index contributed by atoms with van der Waals surface area (Å²) < 4.78 is 43.4. The van der Waals surface area contributed by atoms with Gasteiger partial charge in [-0.15, -0.1) is 0 Å². The second-order valence-electron chi connectivity index (χ2n) is 9.58. The second kappa shape index (κ2) is 30.0. The van der Waals surface area contributed by atoms with E-state index >= 15 is 0 Å². The fraction of sp³-hybridized carbons (Fsp3) is 0.742. The molecule has 1 aromatic carbocycles. The van der Waals surface area contributed by atoms with Crippen LogP contribution in [0.25, 0.3) is 0 Å². The average molecular weight is 615 g/mol. The number of nitrogens with one attached hydrogen (secondary N) is 1. The lowest BCUT2D eigenvalue weighted by Gasteiger charge is -2.09. The number of rotatable bonds is 32. The van der Waals surface area contributed by atoms with Crippen molar-refractivity contribution in [3.63, 3.8) is 0 Å². The topological polar surface area (TPSA) is 146 Å². The first kappa shape index (κ1) is 39.0. The van der Waals surface area contributed by atoms with Crippen molar-refractivity contribution in [2.75, 3.05) is 119 Å². The minimum atomic E-state index is -0.00900. The lowest BCUT2D eigenvalue weighted by atomic mass is 10.1. The van der Waals surface area contributed by atoms with Gasteiger partial charge >= 0.3 is 0 Å². The van der Waals surface area contributed by atoms with Crippen LogP contribution >= 0.6 is 0 Å². The van der Waals surface area contributed by atoms with Crippen LogP contribution in [-0.4, -0.2) is 130 Å². The van der Waals surface area contributed by atoms with E-state index in [1.54, 1.807) is 0 Å². The largest absolute Gasteiger partial charge is 0.379 e. The highest BCUT2D eigenvalue weighted by molar-refractivity contribution is 5.80. The number of amides is 1. The predicted molar refractivity (Wildman–Crippen MR) is 162 cm³/mol. The molecule has 0 bridgehead atoms. The van der Waals surface area contributed by atoms with E-state index in [9.17, 15) is 9.59 Å². The van der Waals surface area contributed by atoms with Crippen molar-refractivity contribution in [3.8, 4) is 0 Å². The maximum atomic E-state index is 11.9. The molecule has 1 amide bonds. The van der Waals surface area contributed by atoms with Crippen LogP contribution in [-0.2, 0) is 53.9 Å². The van der Waals surface area contributed by atoms with Crippen molar-refractivity contribution in [1.29, 1.82) is 0 Å². The molecule has 12 nitrogen and oxygen atoms in total. The van der Waals surface area contributed by atoms with Crippen molar-refractivity contribution >= 4 is 11.7 Å². The first-order valence-electron chi connectivity index (χ1n) is 15.3.